The van der Waals surface area contributed by atoms with Crippen LogP contribution in [0.4, 0.5) is 5.69 Å². The van der Waals surface area contributed by atoms with Crippen molar-refractivity contribution in [3.63, 3.8) is 0 Å². The minimum Gasteiger partial charge on any atom is -0.268 e. The number of aromatic nitrogens is 3. The molecule has 8 heteroatoms. The summed E-state index contributed by atoms with van der Waals surface area (Å²) in [5, 5.41) is 5.50. The van der Waals surface area contributed by atoms with E-state index in [1.807, 2.05) is 73.7 Å². The van der Waals surface area contributed by atoms with Crippen LogP contribution < -0.4 is 4.90 Å². The van der Waals surface area contributed by atoms with Crippen LogP contribution in [0.1, 0.15) is 10.7 Å². The van der Waals surface area contributed by atoms with Crippen molar-refractivity contribution in [3.05, 3.63) is 76.3 Å². The molecule has 142 valence electrons. The van der Waals surface area contributed by atoms with Crippen molar-refractivity contribution in [1.29, 1.82) is 0 Å². The minimum absolute atomic E-state index is 0.132. The van der Waals surface area contributed by atoms with E-state index in [0.29, 0.717) is 9.23 Å². The van der Waals surface area contributed by atoms with E-state index in [0.717, 1.165) is 32.6 Å². The number of carbonyl (C=O) groups is 1. The molecule has 3 heterocycles. The zero-order valence-electron chi connectivity index (χ0n) is 15.3. The fourth-order valence-corrected chi connectivity index (χ4v) is 5.21. The molecule has 0 aliphatic carbocycles. The highest BCUT2D eigenvalue weighted by Gasteiger charge is 2.34. The van der Waals surface area contributed by atoms with Gasteiger partial charge in [-0.05, 0) is 25.1 Å². The molecule has 1 aliphatic rings. The number of rotatable bonds is 3. The van der Waals surface area contributed by atoms with E-state index in [4.69, 9.17) is 17.2 Å². The third-order valence-electron chi connectivity index (χ3n) is 4.46. The van der Waals surface area contributed by atoms with Crippen molar-refractivity contribution in [2.24, 2.45) is 0 Å². The second kappa shape index (κ2) is 7.22. The zero-order chi connectivity index (χ0) is 20.0. The number of para-hydroxylation sites is 1. The largest absolute Gasteiger partial charge is 0.270 e. The highest BCUT2D eigenvalue weighted by molar-refractivity contribution is 8.27. The summed E-state index contributed by atoms with van der Waals surface area (Å²) in [5.74, 6) is -0.132. The number of thioether (sulfide) groups is 1. The number of benzene rings is 2. The Hall–Kier alpha value is -2.81. The van der Waals surface area contributed by atoms with Crippen molar-refractivity contribution in [2.45, 2.75) is 6.92 Å². The number of thiocarbonyl (C=S) groups is 1. The van der Waals surface area contributed by atoms with Gasteiger partial charge >= 0.3 is 0 Å². The Bertz CT molecular complexity index is 1280. The number of carbonyl (C=O) groups excluding carboxylic acids is 1. The first-order valence-corrected chi connectivity index (χ1v) is 10.9. The van der Waals surface area contributed by atoms with E-state index >= 15 is 0 Å². The molecular weight excluding hydrogens is 420 g/mol. The number of fused-ring (bicyclic) bond motifs is 1. The predicted molar refractivity (Wildman–Crippen MR) is 123 cm³/mol. The molecule has 2 aromatic carbocycles. The molecule has 0 unspecified atom stereocenters. The van der Waals surface area contributed by atoms with Gasteiger partial charge in [0.25, 0.3) is 5.91 Å². The molecule has 2 aromatic heterocycles. The van der Waals surface area contributed by atoms with Crippen LogP contribution in [0.25, 0.3) is 22.3 Å². The van der Waals surface area contributed by atoms with Crippen LogP contribution >= 0.6 is 35.3 Å². The highest BCUT2D eigenvalue weighted by atomic mass is 32.2. The van der Waals surface area contributed by atoms with Gasteiger partial charge in [-0.3, -0.25) is 9.69 Å². The Labute approximate surface area is 180 Å². The average Bonchev–Trinajstić information content (AvgIpc) is 3.34. The Balaban J connectivity index is 1.64. The molecular formula is C21H14N4OS3. The van der Waals surface area contributed by atoms with Crippen LogP contribution in [-0.2, 0) is 4.79 Å². The van der Waals surface area contributed by atoms with Crippen LogP contribution in [0, 0.1) is 6.92 Å². The van der Waals surface area contributed by atoms with Crippen molar-refractivity contribution in [2.75, 3.05) is 4.90 Å². The number of imidazole rings is 1. The van der Waals surface area contributed by atoms with Gasteiger partial charge in [0.05, 0.1) is 22.0 Å². The maximum absolute atomic E-state index is 13.1. The Kier molecular flexibility index (Phi) is 4.54. The first kappa shape index (κ1) is 18.2. The number of nitrogens with zero attached hydrogens (tertiary/aromatic N) is 4. The summed E-state index contributed by atoms with van der Waals surface area (Å²) in [4.78, 5) is 20.8. The lowest BCUT2D eigenvalue weighted by molar-refractivity contribution is -0.113. The Morgan fingerprint density at radius 3 is 2.45 bits per heavy atom. The van der Waals surface area contributed by atoms with Gasteiger partial charge in [0.15, 0.2) is 4.32 Å². The third-order valence-corrected chi connectivity index (χ3v) is 6.59. The van der Waals surface area contributed by atoms with Gasteiger partial charge < -0.3 is 0 Å². The molecule has 5 nitrogen and oxygen atoms in total. The minimum atomic E-state index is -0.132. The molecule has 0 atom stereocenters. The summed E-state index contributed by atoms with van der Waals surface area (Å²) in [5.41, 5.74) is 3.33. The van der Waals surface area contributed by atoms with Crippen molar-refractivity contribution in [1.82, 2.24) is 14.6 Å². The van der Waals surface area contributed by atoms with E-state index in [1.54, 1.807) is 9.42 Å². The summed E-state index contributed by atoms with van der Waals surface area (Å²) in [6.45, 7) is 1.94. The van der Waals surface area contributed by atoms with Crippen molar-refractivity contribution >= 4 is 62.3 Å². The van der Waals surface area contributed by atoms with Gasteiger partial charge in [-0.25, -0.2) is 9.50 Å². The summed E-state index contributed by atoms with van der Waals surface area (Å²) in [6, 6.07) is 19.4. The van der Waals surface area contributed by atoms with Crippen molar-refractivity contribution < 1.29 is 4.79 Å². The second-order valence-corrected chi connectivity index (χ2v) is 9.22. The normalized spacial score (nSPS) is 15.8. The van der Waals surface area contributed by atoms with Gasteiger partial charge in [0.2, 0.25) is 4.96 Å². The van der Waals surface area contributed by atoms with E-state index in [9.17, 15) is 4.79 Å². The van der Waals surface area contributed by atoms with Crippen LogP contribution in [0.3, 0.4) is 0 Å². The predicted octanol–water partition coefficient (Wildman–Crippen LogP) is 5.17. The number of hydrogen-bond donors (Lipinski definition) is 0. The number of anilines is 1. The quantitative estimate of drug-likeness (QED) is 0.329. The average molecular weight is 435 g/mol. The number of aryl methyl sites for hydroxylation is 1. The molecule has 1 aliphatic heterocycles. The summed E-state index contributed by atoms with van der Waals surface area (Å²) >= 11 is 8.31. The fraction of sp³-hybridized carbons (Fsp3) is 0.0476. The molecule has 0 saturated carbocycles. The lowest BCUT2D eigenvalue weighted by Crippen LogP contribution is -2.27. The van der Waals surface area contributed by atoms with Gasteiger partial charge in [-0.1, -0.05) is 83.8 Å². The van der Waals surface area contributed by atoms with Gasteiger partial charge in [0.1, 0.15) is 5.01 Å². The van der Waals surface area contributed by atoms with Crippen LogP contribution in [0.5, 0.6) is 0 Å². The Morgan fingerprint density at radius 2 is 1.72 bits per heavy atom. The molecule has 4 aromatic rings. The van der Waals surface area contributed by atoms with Gasteiger partial charge in [-0.15, -0.1) is 0 Å². The van der Waals surface area contributed by atoms with E-state index < -0.39 is 0 Å². The third kappa shape index (κ3) is 3.19. The molecule has 1 fully saturated rings. The van der Waals surface area contributed by atoms with E-state index in [2.05, 4.69) is 5.10 Å². The standard InChI is InChI=1S/C21H14N4OS3/c1-13-23-25-16(18(22-20(25)28-13)14-8-4-2-5-9-14)12-17-19(26)24(21(27)29-17)15-10-6-3-7-11-15/h2-12H,1H3/b17-12-. The SMILES string of the molecule is Cc1nn2c(/C=C3\SC(=S)N(c4ccccc4)C3=O)c(-c3ccccc3)nc2s1. The van der Waals surface area contributed by atoms with Crippen LogP contribution in [0.2, 0.25) is 0 Å². The van der Waals surface area contributed by atoms with Crippen LogP contribution in [0.15, 0.2) is 65.6 Å². The number of amides is 1. The van der Waals surface area contributed by atoms with E-state index in [1.165, 1.54) is 23.1 Å². The molecule has 29 heavy (non-hydrogen) atoms. The molecule has 1 saturated heterocycles. The van der Waals surface area contributed by atoms with Gasteiger partial charge in [0, 0.05) is 5.56 Å². The molecule has 0 radical (unpaired) electrons. The molecule has 0 bridgehead atoms. The zero-order valence-corrected chi connectivity index (χ0v) is 17.7. The fourth-order valence-electron chi connectivity index (χ4n) is 3.19. The van der Waals surface area contributed by atoms with Gasteiger partial charge in [-0.2, -0.15) is 5.10 Å². The first-order valence-electron chi connectivity index (χ1n) is 8.86. The monoisotopic (exact) mass is 434 g/mol. The maximum atomic E-state index is 13.1. The number of hydrogen-bond acceptors (Lipinski definition) is 6. The molecule has 0 spiro atoms. The highest BCUT2D eigenvalue weighted by Crippen LogP contribution is 2.37. The first-order chi connectivity index (χ1) is 14.1. The molecule has 0 N–H and O–H groups in total. The Morgan fingerprint density at radius 1 is 1.03 bits per heavy atom. The summed E-state index contributed by atoms with van der Waals surface area (Å²) < 4.78 is 2.32. The topological polar surface area (TPSA) is 50.5 Å². The molecule has 5 rings (SSSR count). The van der Waals surface area contributed by atoms with Crippen molar-refractivity contribution in [3.8, 4) is 11.3 Å². The summed E-state index contributed by atoms with van der Waals surface area (Å²) in [6.07, 6.45) is 1.85. The second-order valence-electron chi connectivity index (χ2n) is 6.38. The lowest BCUT2D eigenvalue weighted by Gasteiger charge is -2.13. The lowest BCUT2D eigenvalue weighted by atomic mass is 10.1. The van der Waals surface area contributed by atoms with E-state index in [-0.39, 0.29) is 5.91 Å². The smallest absolute Gasteiger partial charge is 0.268 e. The molecule has 1 amide bonds. The summed E-state index contributed by atoms with van der Waals surface area (Å²) in [7, 11) is 0. The maximum Gasteiger partial charge on any atom is 0.270 e. The van der Waals surface area contributed by atoms with Crippen LogP contribution in [-0.4, -0.2) is 24.8 Å².